The maximum atomic E-state index is 11.7. The molecule has 7 heteroatoms. The second-order valence-electron chi connectivity index (χ2n) is 4.13. The van der Waals surface area contributed by atoms with E-state index in [0.717, 1.165) is 17.7 Å². The molecular formula is C11H12N2O4S. The maximum Gasteiger partial charge on any atom is 0.283 e. The van der Waals surface area contributed by atoms with Crippen LogP contribution in [0.1, 0.15) is 28.2 Å². The first-order valence-electron chi connectivity index (χ1n) is 5.81. The summed E-state index contributed by atoms with van der Waals surface area (Å²) in [7, 11) is 0. The quantitative estimate of drug-likeness (QED) is 0.865. The van der Waals surface area contributed by atoms with Gasteiger partial charge in [-0.05, 0) is 12.8 Å². The Balaban J connectivity index is 1.73. The molecule has 0 aromatic carbocycles. The molecule has 18 heavy (non-hydrogen) atoms. The number of ether oxygens (including phenoxy) is 2. The standard InChI is InChI=1S/C11H12N2O4S/c14-6-2-1-3-7-8(6)12-11(18-7)13-9(15)10-16-4-5-17-10/h10H,1-5H2,(H,12,13,15). The van der Waals surface area contributed by atoms with E-state index in [1.165, 1.54) is 11.3 Å². The minimum absolute atomic E-state index is 0.0568. The number of nitrogens with zero attached hydrogens (tertiary/aromatic N) is 1. The normalized spacial score (nSPS) is 19.9. The number of rotatable bonds is 2. The van der Waals surface area contributed by atoms with Crippen LogP contribution < -0.4 is 5.32 Å². The summed E-state index contributed by atoms with van der Waals surface area (Å²) in [5.74, 6) is -0.313. The molecule has 0 unspecified atom stereocenters. The van der Waals surface area contributed by atoms with Crippen molar-refractivity contribution >= 4 is 28.2 Å². The summed E-state index contributed by atoms with van der Waals surface area (Å²) in [5, 5.41) is 3.07. The zero-order chi connectivity index (χ0) is 12.5. The largest absolute Gasteiger partial charge is 0.342 e. The number of amides is 1. The number of aryl methyl sites for hydroxylation is 1. The van der Waals surface area contributed by atoms with Gasteiger partial charge in [-0.1, -0.05) is 0 Å². The number of nitrogens with one attached hydrogen (secondary N) is 1. The monoisotopic (exact) mass is 268 g/mol. The summed E-state index contributed by atoms with van der Waals surface area (Å²) < 4.78 is 10.2. The van der Waals surface area contributed by atoms with E-state index in [9.17, 15) is 9.59 Å². The average molecular weight is 268 g/mol. The minimum Gasteiger partial charge on any atom is -0.342 e. The molecule has 1 amide bonds. The van der Waals surface area contributed by atoms with Crippen molar-refractivity contribution in [2.45, 2.75) is 25.6 Å². The van der Waals surface area contributed by atoms with E-state index >= 15 is 0 Å². The second-order valence-corrected chi connectivity index (χ2v) is 5.21. The van der Waals surface area contributed by atoms with Gasteiger partial charge in [-0.2, -0.15) is 0 Å². The Hall–Kier alpha value is -1.31. The van der Waals surface area contributed by atoms with Crippen LogP contribution in [0.4, 0.5) is 5.13 Å². The lowest BCUT2D eigenvalue weighted by molar-refractivity contribution is -0.140. The van der Waals surface area contributed by atoms with Crippen molar-refractivity contribution in [3.63, 3.8) is 0 Å². The van der Waals surface area contributed by atoms with E-state index in [-0.39, 0.29) is 11.7 Å². The van der Waals surface area contributed by atoms with Crippen LogP contribution in [0, 0.1) is 0 Å². The lowest BCUT2D eigenvalue weighted by Gasteiger charge is -2.06. The molecular weight excluding hydrogens is 256 g/mol. The summed E-state index contributed by atoms with van der Waals surface area (Å²) in [4.78, 5) is 28.5. The van der Waals surface area contributed by atoms with Crippen molar-refractivity contribution in [2.75, 3.05) is 18.5 Å². The van der Waals surface area contributed by atoms with Crippen LogP contribution in [0.15, 0.2) is 0 Å². The Bertz CT molecular complexity index is 493. The van der Waals surface area contributed by atoms with Gasteiger partial charge in [-0.3, -0.25) is 14.9 Å². The van der Waals surface area contributed by atoms with Crippen LogP contribution in [0.5, 0.6) is 0 Å². The number of Topliss-reactive ketones (excluding diaryl/α,β-unsaturated/α-hetero) is 1. The number of ketones is 1. The van der Waals surface area contributed by atoms with Crippen molar-refractivity contribution in [1.29, 1.82) is 0 Å². The highest BCUT2D eigenvalue weighted by atomic mass is 32.1. The van der Waals surface area contributed by atoms with Crippen LogP contribution in [0.25, 0.3) is 0 Å². The zero-order valence-corrected chi connectivity index (χ0v) is 10.4. The Kier molecular flexibility index (Phi) is 3.11. The molecule has 1 aliphatic carbocycles. The predicted molar refractivity (Wildman–Crippen MR) is 63.7 cm³/mol. The van der Waals surface area contributed by atoms with E-state index in [1.807, 2.05) is 0 Å². The highest BCUT2D eigenvalue weighted by Crippen LogP contribution is 2.29. The van der Waals surface area contributed by atoms with E-state index in [0.29, 0.717) is 30.5 Å². The lowest BCUT2D eigenvalue weighted by atomic mass is 10.0. The minimum atomic E-state index is -0.860. The van der Waals surface area contributed by atoms with Crippen molar-refractivity contribution < 1.29 is 19.1 Å². The van der Waals surface area contributed by atoms with Gasteiger partial charge in [0.2, 0.25) is 6.29 Å². The van der Waals surface area contributed by atoms with Gasteiger partial charge in [0.25, 0.3) is 5.91 Å². The maximum absolute atomic E-state index is 11.7. The topological polar surface area (TPSA) is 77.5 Å². The first-order valence-corrected chi connectivity index (χ1v) is 6.62. The van der Waals surface area contributed by atoms with Crippen LogP contribution in [-0.4, -0.2) is 36.2 Å². The smallest absolute Gasteiger partial charge is 0.283 e. The molecule has 1 saturated heterocycles. The van der Waals surface area contributed by atoms with Gasteiger partial charge in [0.05, 0.1) is 13.2 Å². The van der Waals surface area contributed by atoms with E-state index in [1.54, 1.807) is 0 Å². The molecule has 0 bridgehead atoms. The Labute approximate surface area is 107 Å². The Morgan fingerprint density at radius 1 is 1.33 bits per heavy atom. The van der Waals surface area contributed by atoms with Crippen molar-refractivity contribution in [3.05, 3.63) is 10.6 Å². The molecule has 0 spiro atoms. The van der Waals surface area contributed by atoms with Gasteiger partial charge < -0.3 is 9.47 Å². The molecule has 96 valence electrons. The van der Waals surface area contributed by atoms with Gasteiger partial charge in [0, 0.05) is 11.3 Å². The molecule has 1 aliphatic heterocycles. The van der Waals surface area contributed by atoms with Crippen LogP contribution in [-0.2, 0) is 20.7 Å². The Morgan fingerprint density at radius 2 is 2.11 bits per heavy atom. The third-order valence-corrected chi connectivity index (χ3v) is 3.87. The molecule has 0 saturated carbocycles. The molecule has 6 nitrogen and oxygen atoms in total. The fourth-order valence-corrected chi connectivity index (χ4v) is 3.02. The number of thiazole rings is 1. The van der Waals surface area contributed by atoms with Crippen molar-refractivity contribution in [3.8, 4) is 0 Å². The predicted octanol–water partition coefficient (Wildman–Crippen LogP) is 0.974. The number of carbonyl (C=O) groups is 2. The number of fused-ring (bicyclic) bond motifs is 1. The fraction of sp³-hybridized carbons (Fsp3) is 0.545. The lowest BCUT2D eigenvalue weighted by Crippen LogP contribution is -2.28. The first-order chi connectivity index (χ1) is 8.74. The molecule has 0 radical (unpaired) electrons. The molecule has 2 aliphatic rings. The van der Waals surface area contributed by atoms with Crippen molar-refractivity contribution in [2.24, 2.45) is 0 Å². The highest BCUT2D eigenvalue weighted by Gasteiger charge is 2.27. The van der Waals surface area contributed by atoms with Crippen LogP contribution in [0.3, 0.4) is 0 Å². The van der Waals surface area contributed by atoms with E-state index in [4.69, 9.17) is 9.47 Å². The number of anilines is 1. The van der Waals surface area contributed by atoms with Gasteiger partial charge >= 0.3 is 0 Å². The summed E-state index contributed by atoms with van der Waals surface area (Å²) in [6.45, 7) is 0.843. The van der Waals surface area contributed by atoms with Gasteiger partial charge in [0.15, 0.2) is 10.9 Å². The number of hydrogen-bond donors (Lipinski definition) is 1. The fourth-order valence-electron chi connectivity index (χ4n) is 1.99. The summed E-state index contributed by atoms with van der Waals surface area (Å²) >= 11 is 1.35. The summed E-state index contributed by atoms with van der Waals surface area (Å²) in [5.41, 5.74) is 0.509. The SMILES string of the molecule is O=C1CCCc2sc(NC(=O)C3OCCO3)nc21. The number of aromatic nitrogens is 1. The third-order valence-electron chi connectivity index (χ3n) is 2.84. The molecule has 1 aromatic heterocycles. The molecule has 0 atom stereocenters. The summed E-state index contributed by atoms with van der Waals surface area (Å²) in [6, 6.07) is 0. The van der Waals surface area contributed by atoms with Gasteiger partial charge in [-0.25, -0.2) is 4.98 Å². The first kappa shape index (κ1) is 11.8. The number of hydrogen-bond acceptors (Lipinski definition) is 6. The molecule has 3 rings (SSSR count). The summed E-state index contributed by atoms with van der Waals surface area (Å²) in [6.07, 6.45) is 1.39. The average Bonchev–Trinajstić information content (AvgIpc) is 2.97. The second kappa shape index (κ2) is 4.75. The molecule has 1 fully saturated rings. The molecule has 2 heterocycles. The van der Waals surface area contributed by atoms with Gasteiger partial charge in [0.1, 0.15) is 5.69 Å². The molecule has 1 N–H and O–H groups in total. The van der Waals surface area contributed by atoms with Gasteiger partial charge in [-0.15, -0.1) is 11.3 Å². The van der Waals surface area contributed by atoms with Crippen LogP contribution >= 0.6 is 11.3 Å². The third kappa shape index (κ3) is 2.16. The van der Waals surface area contributed by atoms with E-state index in [2.05, 4.69) is 10.3 Å². The zero-order valence-electron chi connectivity index (χ0n) is 9.60. The highest BCUT2D eigenvalue weighted by molar-refractivity contribution is 7.16. The van der Waals surface area contributed by atoms with Crippen LogP contribution in [0.2, 0.25) is 0 Å². The molecule has 1 aromatic rings. The Morgan fingerprint density at radius 3 is 2.83 bits per heavy atom. The number of carbonyl (C=O) groups excluding carboxylic acids is 2. The van der Waals surface area contributed by atoms with E-state index < -0.39 is 6.29 Å². The van der Waals surface area contributed by atoms with Crippen molar-refractivity contribution in [1.82, 2.24) is 4.98 Å².